The molecule has 0 aliphatic rings. The minimum Gasteiger partial charge on any atom is -0.481 e. The summed E-state index contributed by atoms with van der Waals surface area (Å²) >= 11 is 0. The molecule has 2 aromatic heterocycles. The topological polar surface area (TPSA) is 129 Å². The molecular weight excluding hydrogens is 228 g/mol. The summed E-state index contributed by atoms with van der Waals surface area (Å²) in [6, 6.07) is 0. The fraction of sp³-hybridized carbons (Fsp3) is 0.222. The third-order valence-electron chi connectivity index (χ3n) is 2.18. The molecule has 2 aromatic rings. The number of imidazole rings is 1. The zero-order valence-electron chi connectivity index (χ0n) is 8.49. The average Bonchev–Trinajstić information content (AvgIpc) is 2.72. The highest BCUT2D eigenvalue weighted by Crippen LogP contribution is 2.17. The number of carboxylic acids is 2. The van der Waals surface area contributed by atoms with E-state index in [1.165, 1.54) is 12.5 Å². The van der Waals surface area contributed by atoms with Crippen LogP contribution in [0.1, 0.15) is 18.2 Å². The first-order valence-electron chi connectivity index (χ1n) is 4.68. The van der Waals surface area contributed by atoms with Crippen molar-refractivity contribution in [3.63, 3.8) is 0 Å². The maximum absolute atomic E-state index is 10.9. The summed E-state index contributed by atoms with van der Waals surface area (Å²) in [7, 11) is 0. The molecule has 3 N–H and O–H groups in total. The van der Waals surface area contributed by atoms with Crippen molar-refractivity contribution >= 4 is 23.1 Å². The molecule has 8 heteroatoms. The third-order valence-corrected chi connectivity index (χ3v) is 2.18. The van der Waals surface area contributed by atoms with Gasteiger partial charge in [0.15, 0.2) is 5.65 Å². The molecule has 0 amide bonds. The van der Waals surface area contributed by atoms with Gasteiger partial charge in [-0.1, -0.05) is 0 Å². The lowest BCUT2D eigenvalue weighted by molar-refractivity contribution is -0.145. The molecule has 88 valence electrons. The number of fused-ring (bicyclic) bond motifs is 1. The first-order chi connectivity index (χ1) is 8.08. The van der Waals surface area contributed by atoms with Crippen molar-refractivity contribution in [2.75, 3.05) is 0 Å². The van der Waals surface area contributed by atoms with Gasteiger partial charge < -0.3 is 15.2 Å². The Morgan fingerprint density at radius 2 is 2.12 bits per heavy atom. The number of rotatable bonds is 4. The van der Waals surface area contributed by atoms with Gasteiger partial charge in [-0.2, -0.15) is 0 Å². The van der Waals surface area contributed by atoms with Crippen molar-refractivity contribution in [2.24, 2.45) is 0 Å². The van der Waals surface area contributed by atoms with Crippen molar-refractivity contribution in [3.8, 4) is 0 Å². The summed E-state index contributed by atoms with van der Waals surface area (Å²) in [4.78, 5) is 35.8. The Morgan fingerprint density at radius 1 is 1.35 bits per heavy atom. The molecular formula is C9H8N4O4. The van der Waals surface area contributed by atoms with Gasteiger partial charge in [-0.25, -0.2) is 15.0 Å². The van der Waals surface area contributed by atoms with E-state index < -0.39 is 24.3 Å². The summed E-state index contributed by atoms with van der Waals surface area (Å²) < 4.78 is 0. The number of aromatic nitrogens is 4. The normalized spacial score (nSPS) is 12.5. The van der Waals surface area contributed by atoms with Crippen LogP contribution in [0.15, 0.2) is 12.5 Å². The Labute approximate surface area is 94.4 Å². The van der Waals surface area contributed by atoms with Crippen LogP contribution >= 0.6 is 0 Å². The largest absolute Gasteiger partial charge is 0.481 e. The molecule has 8 nitrogen and oxygen atoms in total. The number of carbonyl (C=O) groups is 2. The van der Waals surface area contributed by atoms with Crippen molar-refractivity contribution in [1.29, 1.82) is 0 Å². The molecule has 1 unspecified atom stereocenters. The van der Waals surface area contributed by atoms with E-state index in [0.29, 0.717) is 11.2 Å². The number of hydrogen-bond acceptors (Lipinski definition) is 5. The molecule has 2 rings (SSSR count). The van der Waals surface area contributed by atoms with Gasteiger partial charge in [0.25, 0.3) is 0 Å². The minimum atomic E-state index is -1.28. The number of H-pyrrole nitrogens is 1. The first-order valence-corrected chi connectivity index (χ1v) is 4.68. The van der Waals surface area contributed by atoms with Gasteiger partial charge in [0.1, 0.15) is 17.3 Å². The maximum atomic E-state index is 10.9. The van der Waals surface area contributed by atoms with E-state index in [9.17, 15) is 9.59 Å². The summed E-state index contributed by atoms with van der Waals surface area (Å²) in [5, 5.41) is 17.6. The van der Waals surface area contributed by atoms with Crippen LogP contribution in [0, 0.1) is 0 Å². The predicted molar refractivity (Wildman–Crippen MR) is 54.3 cm³/mol. The van der Waals surface area contributed by atoms with Crippen LogP contribution in [0.4, 0.5) is 0 Å². The van der Waals surface area contributed by atoms with E-state index in [4.69, 9.17) is 10.2 Å². The molecule has 0 spiro atoms. The Kier molecular flexibility index (Phi) is 2.69. The van der Waals surface area contributed by atoms with Crippen LogP contribution in [-0.4, -0.2) is 42.1 Å². The molecule has 0 saturated heterocycles. The van der Waals surface area contributed by atoms with Crippen LogP contribution in [0.3, 0.4) is 0 Å². The Hall–Kier alpha value is -2.51. The smallest absolute Gasteiger partial charge is 0.314 e. The van der Waals surface area contributed by atoms with Crippen LogP contribution in [-0.2, 0) is 9.59 Å². The fourth-order valence-corrected chi connectivity index (χ4v) is 1.38. The molecule has 0 saturated carbocycles. The SMILES string of the molecule is O=C(O)CC(C(=O)O)c1ncc2[nH]cnc2n1. The van der Waals surface area contributed by atoms with E-state index in [1.54, 1.807) is 0 Å². The highest BCUT2D eigenvalue weighted by Gasteiger charge is 2.26. The molecule has 2 heterocycles. The second-order valence-electron chi connectivity index (χ2n) is 3.36. The Bertz CT molecular complexity index is 579. The quantitative estimate of drug-likeness (QED) is 0.680. The molecule has 1 atom stereocenters. The zero-order valence-corrected chi connectivity index (χ0v) is 8.49. The molecule has 0 aliphatic heterocycles. The Balaban J connectivity index is 2.40. The number of aliphatic carboxylic acids is 2. The van der Waals surface area contributed by atoms with E-state index in [2.05, 4.69) is 19.9 Å². The predicted octanol–water partition coefficient (Wildman–Crippen LogP) is -0.00420. The lowest BCUT2D eigenvalue weighted by Gasteiger charge is -2.07. The van der Waals surface area contributed by atoms with Gasteiger partial charge in [0.2, 0.25) is 0 Å². The molecule has 0 fully saturated rings. The van der Waals surface area contributed by atoms with Gasteiger partial charge in [-0.15, -0.1) is 0 Å². The zero-order chi connectivity index (χ0) is 12.4. The minimum absolute atomic E-state index is 0.0560. The van der Waals surface area contributed by atoms with E-state index in [0.717, 1.165) is 0 Å². The summed E-state index contributed by atoms with van der Waals surface area (Å²) in [5.74, 6) is -3.82. The van der Waals surface area contributed by atoms with Crippen LogP contribution < -0.4 is 0 Å². The number of nitrogens with one attached hydrogen (secondary N) is 1. The summed E-state index contributed by atoms with van der Waals surface area (Å²) in [5.41, 5.74) is 0.875. The molecule has 17 heavy (non-hydrogen) atoms. The highest BCUT2D eigenvalue weighted by molar-refractivity contribution is 5.82. The Morgan fingerprint density at radius 3 is 2.76 bits per heavy atom. The second-order valence-corrected chi connectivity index (χ2v) is 3.36. The van der Waals surface area contributed by atoms with Crippen LogP contribution in [0.2, 0.25) is 0 Å². The van der Waals surface area contributed by atoms with E-state index >= 15 is 0 Å². The molecule has 0 bridgehead atoms. The van der Waals surface area contributed by atoms with Crippen molar-refractivity contribution < 1.29 is 19.8 Å². The van der Waals surface area contributed by atoms with Gasteiger partial charge in [-0.05, 0) is 0 Å². The van der Waals surface area contributed by atoms with Crippen LogP contribution in [0.5, 0.6) is 0 Å². The lowest BCUT2D eigenvalue weighted by Crippen LogP contribution is -2.18. The summed E-state index contributed by atoms with van der Waals surface area (Å²) in [6.07, 6.45) is 2.21. The first kappa shape index (κ1) is 11.0. The highest BCUT2D eigenvalue weighted by atomic mass is 16.4. The lowest BCUT2D eigenvalue weighted by atomic mass is 10.1. The van der Waals surface area contributed by atoms with Gasteiger partial charge in [0, 0.05) is 0 Å². The number of hydrogen-bond donors (Lipinski definition) is 3. The average molecular weight is 236 g/mol. The molecule has 0 aliphatic carbocycles. The number of nitrogens with zero attached hydrogens (tertiary/aromatic N) is 3. The second kappa shape index (κ2) is 4.16. The van der Waals surface area contributed by atoms with Crippen molar-refractivity contribution in [2.45, 2.75) is 12.3 Å². The monoisotopic (exact) mass is 236 g/mol. The van der Waals surface area contributed by atoms with Crippen LogP contribution in [0.25, 0.3) is 11.2 Å². The van der Waals surface area contributed by atoms with Gasteiger partial charge in [0.05, 0.1) is 18.9 Å². The maximum Gasteiger partial charge on any atom is 0.314 e. The fourth-order valence-electron chi connectivity index (χ4n) is 1.38. The molecule has 0 aromatic carbocycles. The van der Waals surface area contributed by atoms with E-state index in [-0.39, 0.29) is 5.82 Å². The van der Waals surface area contributed by atoms with Crippen molar-refractivity contribution in [3.05, 3.63) is 18.3 Å². The van der Waals surface area contributed by atoms with E-state index in [1.807, 2.05) is 0 Å². The summed E-state index contributed by atoms with van der Waals surface area (Å²) in [6.45, 7) is 0. The third kappa shape index (κ3) is 2.19. The number of aromatic amines is 1. The van der Waals surface area contributed by atoms with Gasteiger partial charge >= 0.3 is 11.9 Å². The number of carboxylic acid groups (broad SMARTS) is 2. The van der Waals surface area contributed by atoms with Crippen molar-refractivity contribution in [1.82, 2.24) is 19.9 Å². The molecule has 0 radical (unpaired) electrons. The standard InChI is InChI=1S/C9H8N4O4/c14-6(15)1-4(9(16)17)7-10-2-5-8(13-7)12-3-11-5/h2-4H,1H2,(H,14,15)(H,16,17)(H,10,11,12,13). The van der Waals surface area contributed by atoms with Gasteiger partial charge in [-0.3, -0.25) is 9.59 Å².